The van der Waals surface area contributed by atoms with Gasteiger partial charge in [-0.1, -0.05) is 11.6 Å². The molecule has 0 amide bonds. The molecule has 0 radical (unpaired) electrons. The second-order valence-corrected chi connectivity index (χ2v) is 14.5. The van der Waals surface area contributed by atoms with Crippen molar-refractivity contribution in [2.45, 2.75) is 43.2 Å². The first-order valence-electron chi connectivity index (χ1n) is 13.7. The molecule has 14 nitrogen and oxygen atoms in total. The third-order valence-electron chi connectivity index (χ3n) is 7.15. The second-order valence-electron chi connectivity index (χ2n) is 10.3. The molecule has 0 saturated carbocycles. The molecule has 1 N–H and O–H groups in total. The number of hydrogen-bond acceptors (Lipinski definition) is 11. The quantitative estimate of drug-likeness (QED) is 0.217. The maximum Gasteiger partial charge on any atom is 0.284 e. The summed E-state index contributed by atoms with van der Waals surface area (Å²) in [5.74, 6) is 0.370. The minimum Gasteiger partial charge on any atom is -0.379 e. The zero-order valence-corrected chi connectivity index (χ0v) is 26.3. The number of nitrogens with zero attached hydrogens (tertiary/aromatic N) is 7. The highest BCUT2D eigenvalue weighted by Crippen LogP contribution is 2.22. The zero-order valence-electron chi connectivity index (χ0n) is 23.9. The van der Waals surface area contributed by atoms with Crippen LogP contribution in [0.4, 0.5) is 14.7 Å². The predicted octanol–water partition coefficient (Wildman–Crippen LogP) is 2.31. The summed E-state index contributed by atoms with van der Waals surface area (Å²) in [6.07, 6.45) is 1.73. The Kier molecular flexibility index (Phi) is 9.78. The first-order valence-corrected chi connectivity index (χ1v) is 17.4. The molecule has 1 saturated heterocycles. The Morgan fingerprint density at radius 1 is 1.09 bits per heavy atom. The topological polar surface area (TPSA) is 171 Å². The molecule has 1 aliphatic heterocycles. The van der Waals surface area contributed by atoms with Gasteiger partial charge in [0.05, 0.1) is 36.5 Å². The molecule has 1 aromatic carbocycles. The molecule has 4 heterocycles. The zero-order chi connectivity index (χ0) is 32.4. The van der Waals surface area contributed by atoms with E-state index in [0.717, 1.165) is 27.3 Å². The normalized spacial score (nSPS) is 15.2. The van der Waals surface area contributed by atoms with Gasteiger partial charge in [-0.3, -0.25) is 9.36 Å². The number of halogens is 3. The lowest BCUT2D eigenvalue weighted by atomic mass is 10.1. The Bertz CT molecular complexity index is 1950. The average Bonchev–Trinajstić information content (AvgIpc) is 3.48. The van der Waals surface area contributed by atoms with Crippen molar-refractivity contribution in [3.8, 4) is 0 Å². The van der Waals surface area contributed by atoms with E-state index in [0.29, 0.717) is 31.0 Å². The standard InChI is InChI=1S/C26H29ClF2N8O6S2/c1-44(39,40)35-9-6-19(7-10-35)32-26-30-15-17-14-21(23(28)29)25(38)36(24(17)33-26)11-13-43-12-8-22-31-16-37(34-22)45(41,42)20-4-2-18(27)3-5-20/h2-5,14-16,19,23H,6-13H2,1H3,(H,30,32,33). The lowest BCUT2D eigenvalue weighted by Gasteiger charge is -2.30. The number of alkyl halides is 2. The van der Waals surface area contributed by atoms with Crippen molar-refractivity contribution in [2.24, 2.45) is 0 Å². The second kappa shape index (κ2) is 13.4. The van der Waals surface area contributed by atoms with Gasteiger partial charge in [0.25, 0.3) is 22.0 Å². The lowest BCUT2D eigenvalue weighted by molar-refractivity contribution is 0.126. The van der Waals surface area contributed by atoms with Gasteiger partial charge in [-0.25, -0.2) is 31.5 Å². The van der Waals surface area contributed by atoms with E-state index in [9.17, 15) is 30.4 Å². The van der Waals surface area contributed by atoms with Crippen molar-refractivity contribution < 1.29 is 30.4 Å². The van der Waals surface area contributed by atoms with Gasteiger partial charge in [-0.15, -0.1) is 9.19 Å². The van der Waals surface area contributed by atoms with Crippen molar-refractivity contribution in [2.75, 3.05) is 37.9 Å². The maximum atomic E-state index is 13.7. The first kappa shape index (κ1) is 32.8. The summed E-state index contributed by atoms with van der Waals surface area (Å²) in [5.41, 5.74) is -1.48. The molecule has 5 rings (SSSR count). The molecule has 0 aliphatic carbocycles. The summed E-state index contributed by atoms with van der Waals surface area (Å²) >= 11 is 5.83. The largest absolute Gasteiger partial charge is 0.379 e. The van der Waals surface area contributed by atoms with E-state index in [1.165, 1.54) is 34.8 Å². The number of pyridine rings is 1. The van der Waals surface area contributed by atoms with Crippen LogP contribution < -0.4 is 10.9 Å². The highest BCUT2D eigenvalue weighted by Gasteiger charge is 2.26. The number of ether oxygens (including phenoxy) is 1. The molecule has 4 aromatic rings. The monoisotopic (exact) mass is 686 g/mol. The molecule has 3 aromatic heterocycles. The number of rotatable bonds is 12. The Morgan fingerprint density at radius 2 is 1.80 bits per heavy atom. The van der Waals surface area contributed by atoms with E-state index < -0.39 is 37.6 Å². The summed E-state index contributed by atoms with van der Waals surface area (Å²) in [7, 11) is -7.25. The van der Waals surface area contributed by atoms with E-state index in [-0.39, 0.29) is 59.9 Å². The summed E-state index contributed by atoms with van der Waals surface area (Å²) in [6.45, 7) is 0.559. The molecule has 1 aliphatic rings. The SMILES string of the molecule is CS(=O)(=O)N1CCC(Nc2ncc3cc(C(F)F)c(=O)n(CCOCCc4ncn(S(=O)(=O)c5ccc(Cl)cc5)n4)c3n2)CC1. The van der Waals surface area contributed by atoms with Crippen molar-refractivity contribution >= 4 is 48.6 Å². The van der Waals surface area contributed by atoms with Gasteiger partial charge < -0.3 is 10.1 Å². The molecule has 0 unspecified atom stereocenters. The Hall–Kier alpha value is -3.58. The molecule has 45 heavy (non-hydrogen) atoms. The molecule has 0 atom stereocenters. The number of aromatic nitrogens is 6. The van der Waals surface area contributed by atoms with Crippen LogP contribution in [0.5, 0.6) is 0 Å². The Balaban J connectivity index is 1.23. The number of nitrogens with one attached hydrogen (secondary N) is 1. The van der Waals surface area contributed by atoms with Crippen LogP contribution in [0.2, 0.25) is 5.02 Å². The maximum absolute atomic E-state index is 13.7. The Morgan fingerprint density at radius 3 is 2.47 bits per heavy atom. The number of hydrogen-bond donors (Lipinski definition) is 1. The highest BCUT2D eigenvalue weighted by molar-refractivity contribution is 7.89. The van der Waals surface area contributed by atoms with Crippen LogP contribution in [-0.2, 0) is 37.7 Å². The van der Waals surface area contributed by atoms with Gasteiger partial charge in [-0.2, -0.15) is 13.4 Å². The van der Waals surface area contributed by atoms with Crippen molar-refractivity contribution in [1.82, 2.24) is 33.0 Å². The molecule has 1 fully saturated rings. The fourth-order valence-corrected chi connectivity index (χ4v) is 6.85. The molecule has 242 valence electrons. The van der Waals surface area contributed by atoms with E-state index >= 15 is 0 Å². The fourth-order valence-electron chi connectivity index (χ4n) is 4.78. The molecular weight excluding hydrogens is 658 g/mol. The van der Waals surface area contributed by atoms with Crippen LogP contribution >= 0.6 is 11.6 Å². The van der Waals surface area contributed by atoms with Gasteiger partial charge in [0, 0.05) is 42.2 Å². The number of benzene rings is 1. The van der Waals surface area contributed by atoms with Gasteiger partial charge in [0.15, 0.2) is 5.82 Å². The molecular formula is C26H29ClF2N8O6S2. The summed E-state index contributed by atoms with van der Waals surface area (Å²) in [6, 6.07) is 6.54. The molecule has 0 spiro atoms. The third kappa shape index (κ3) is 7.63. The van der Waals surface area contributed by atoms with E-state index in [2.05, 4.69) is 25.4 Å². The van der Waals surface area contributed by atoms with Crippen LogP contribution in [0, 0.1) is 0 Å². The van der Waals surface area contributed by atoms with Crippen LogP contribution in [-0.4, -0.2) is 88.4 Å². The summed E-state index contributed by atoms with van der Waals surface area (Å²) in [4.78, 5) is 25.6. The average molecular weight is 687 g/mol. The summed E-state index contributed by atoms with van der Waals surface area (Å²) < 4.78 is 85.3. The lowest BCUT2D eigenvalue weighted by Crippen LogP contribution is -2.42. The molecule has 19 heteroatoms. The Labute approximate surface area is 262 Å². The van der Waals surface area contributed by atoms with E-state index in [4.69, 9.17) is 16.3 Å². The third-order valence-corrected chi connectivity index (χ3v) is 10.2. The minimum atomic E-state index is -3.96. The highest BCUT2D eigenvalue weighted by atomic mass is 35.5. The van der Waals surface area contributed by atoms with Crippen molar-refractivity contribution in [3.05, 3.63) is 69.6 Å². The fraction of sp³-hybridized carbons (Fsp3) is 0.423. The number of fused-ring (bicyclic) bond motifs is 1. The number of anilines is 1. The van der Waals surface area contributed by atoms with Gasteiger partial charge in [0.2, 0.25) is 16.0 Å². The van der Waals surface area contributed by atoms with Crippen LogP contribution in [0.15, 0.2) is 52.5 Å². The van der Waals surface area contributed by atoms with E-state index in [1.807, 2.05) is 0 Å². The van der Waals surface area contributed by atoms with Crippen molar-refractivity contribution in [3.63, 3.8) is 0 Å². The first-order chi connectivity index (χ1) is 21.3. The van der Waals surface area contributed by atoms with E-state index in [1.54, 1.807) is 0 Å². The predicted molar refractivity (Wildman–Crippen MR) is 160 cm³/mol. The van der Waals surface area contributed by atoms with Crippen molar-refractivity contribution in [1.29, 1.82) is 0 Å². The smallest absolute Gasteiger partial charge is 0.284 e. The summed E-state index contributed by atoms with van der Waals surface area (Å²) in [5, 5.41) is 7.77. The van der Waals surface area contributed by atoms with Gasteiger partial charge in [0.1, 0.15) is 12.0 Å². The number of sulfonamides is 1. The minimum absolute atomic E-state index is 0.0113. The van der Waals surface area contributed by atoms with Crippen LogP contribution in [0.1, 0.15) is 30.7 Å². The number of piperidine rings is 1. The van der Waals surface area contributed by atoms with Gasteiger partial charge in [-0.05, 0) is 43.2 Å². The molecule has 0 bridgehead atoms. The van der Waals surface area contributed by atoms with Gasteiger partial charge >= 0.3 is 0 Å². The van der Waals surface area contributed by atoms with Crippen LogP contribution in [0.25, 0.3) is 11.0 Å². The van der Waals surface area contributed by atoms with Crippen LogP contribution in [0.3, 0.4) is 0 Å².